The van der Waals surface area contributed by atoms with Gasteiger partial charge in [-0.25, -0.2) is 22.3 Å². The fraction of sp³-hybridized carbons (Fsp3) is 0.235. The van der Waals surface area contributed by atoms with Crippen molar-refractivity contribution in [3.05, 3.63) is 63.4 Å². The topological polar surface area (TPSA) is 87.3 Å². The summed E-state index contributed by atoms with van der Waals surface area (Å²) < 4.78 is 39.5. The van der Waals surface area contributed by atoms with Crippen LogP contribution in [-0.4, -0.2) is 21.5 Å². The highest BCUT2D eigenvalue weighted by Crippen LogP contribution is 2.28. The summed E-state index contributed by atoms with van der Waals surface area (Å²) in [5.74, 6) is -0.632. The van der Waals surface area contributed by atoms with Gasteiger partial charge < -0.3 is 10.6 Å². The first-order valence-corrected chi connectivity index (χ1v) is 10.1. The van der Waals surface area contributed by atoms with Crippen LogP contribution in [0.4, 0.5) is 9.18 Å². The molecule has 2 amide bonds. The summed E-state index contributed by atoms with van der Waals surface area (Å²) >= 11 is 11.7. The quantitative estimate of drug-likeness (QED) is 0.608. The van der Waals surface area contributed by atoms with Crippen LogP contribution < -0.4 is 15.4 Å². The second-order valence-corrected chi connectivity index (χ2v) is 8.39. The Kier molecular flexibility index (Phi) is 7.05. The van der Waals surface area contributed by atoms with Gasteiger partial charge in [-0.05, 0) is 49.4 Å². The third-order valence-corrected chi connectivity index (χ3v) is 5.81. The van der Waals surface area contributed by atoms with Crippen molar-refractivity contribution in [1.82, 2.24) is 15.4 Å². The van der Waals surface area contributed by atoms with E-state index in [9.17, 15) is 17.6 Å². The zero-order valence-electron chi connectivity index (χ0n) is 14.5. The van der Waals surface area contributed by atoms with E-state index in [-0.39, 0.29) is 21.5 Å². The van der Waals surface area contributed by atoms with Crippen LogP contribution in [0.25, 0.3) is 0 Å². The van der Waals surface area contributed by atoms with Gasteiger partial charge in [0.15, 0.2) is 0 Å². The Morgan fingerprint density at radius 1 is 1.19 bits per heavy atom. The minimum atomic E-state index is -3.57. The lowest BCUT2D eigenvalue weighted by molar-refractivity contribution is 0.237. The lowest BCUT2D eigenvalue weighted by Gasteiger charge is -2.17. The van der Waals surface area contributed by atoms with Crippen LogP contribution in [0.3, 0.4) is 0 Å². The zero-order chi connectivity index (χ0) is 20.2. The Morgan fingerprint density at radius 3 is 2.56 bits per heavy atom. The van der Waals surface area contributed by atoms with Crippen LogP contribution in [0.5, 0.6) is 0 Å². The second kappa shape index (κ2) is 8.88. The van der Waals surface area contributed by atoms with E-state index in [0.717, 1.165) is 0 Å². The van der Waals surface area contributed by atoms with E-state index in [0.29, 0.717) is 11.1 Å². The van der Waals surface area contributed by atoms with E-state index in [1.807, 2.05) is 0 Å². The molecule has 0 bridgehead atoms. The van der Waals surface area contributed by atoms with Gasteiger partial charge in [-0.15, -0.1) is 0 Å². The van der Waals surface area contributed by atoms with Crippen molar-refractivity contribution in [2.24, 2.45) is 0 Å². The van der Waals surface area contributed by atoms with Crippen LogP contribution in [-0.2, 0) is 16.6 Å². The highest BCUT2D eigenvalue weighted by Gasteiger charge is 2.16. The lowest BCUT2D eigenvalue weighted by atomic mass is 10.1. The van der Waals surface area contributed by atoms with Gasteiger partial charge >= 0.3 is 6.03 Å². The molecule has 2 rings (SSSR count). The van der Waals surface area contributed by atoms with Gasteiger partial charge in [-0.3, -0.25) is 0 Å². The Morgan fingerprint density at radius 2 is 1.89 bits per heavy atom. The molecule has 1 unspecified atom stereocenters. The number of amides is 2. The molecule has 0 saturated carbocycles. The number of sulfonamides is 1. The van der Waals surface area contributed by atoms with E-state index in [1.165, 1.54) is 31.3 Å². The maximum atomic E-state index is 13.6. The van der Waals surface area contributed by atoms with Crippen LogP contribution in [0.2, 0.25) is 10.0 Å². The maximum absolute atomic E-state index is 13.6. The van der Waals surface area contributed by atoms with E-state index in [4.69, 9.17) is 23.2 Å². The van der Waals surface area contributed by atoms with Crippen molar-refractivity contribution in [1.29, 1.82) is 0 Å². The molecule has 2 aromatic rings. The van der Waals surface area contributed by atoms with Gasteiger partial charge in [0.2, 0.25) is 10.0 Å². The normalized spacial score (nSPS) is 12.5. The molecule has 1 atom stereocenters. The van der Waals surface area contributed by atoms with Crippen LogP contribution in [0, 0.1) is 5.82 Å². The van der Waals surface area contributed by atoms with Gasteiger partial charge in [0.1, 0.15) is 5.82 Å². The maximum Gasteiger partial charge on any atom is 0.315 e. The molecule has 0 heterocycles. The average molecular weight is 434 g/mol. The molecule has 0 saturated heterocycles. The number of halogens is 3. The van der Waals surface area contributed by atoms with Gasteiger partial charge in [0.25, 0.3) is 0 Å². The highest BCUT2D eigenvalue weighted by atomic mass is 35.5. The van der Waals surface area contributed by atoms with Crippen molar-refractivity contribution in [2.75, 3.05) is 7.05 Å². The first kappa shape index (κ1) is 21.4. The molecule has 0 radical (unpaired) electrons. The van der Waals surface area contributed by atoms with E-state index in [2.05, 4.69) is 15.4 Å². The molecule has 2 aromatic carbocycles. The minimum Gasteiger partial charge on any atom is -0.334 e. The van der Waals surface area contributed by atoms with Gasteiger partial charge in [0, 0.05) is 11.6 Å². The highest BCUT2D eigenvalue weighted by molar-refractivity contribution is 7.89. The Labute approximate surface area is 167 Å². The smallest absolute Gasteiger partial charge is 0.315 e. The molecule has 146 valence electrons. The number of nitrogens with one attached hydrogen (secondary N) is 3. The molecule has 6 nitrogen and oxygen atoms in total. The first-order chi connectivity index (χ1) is 12.6. The molecular weight excluding hydrogens is 416 g/mol. The monoisotopic (exact) mass is 433 g/mol. The number of urea groups is 1. The summed E-state index contributed by atoms with van der Waals surface area (Å²) in [6, 6.07) is 7.53. The van der Waals surface area contributed by atoms with Crippen molar-refractivity contribution < 1.29 is 17.6 Å². The number of rotatable bonds is 6. The van der Waals surface area contributed by atoms with Gasteiger partial charge in [-0.1, -0.05) is 35.3 Å². The average Bonchev–Trinajstić information content (AvgIpc) is 2.63. The Balaban J connectivity index is 2.01. The lowest BCUT2D eigenvalue weighted by Crippen LogP contribution is -2.36. The predicted molar refractivity (Wildman–Crippen MR) is 103 cm³/mol. The van der Waals surface area contributed by atoms with Gasteiger partial charge in [-0.2, -0.15) is 0 Å². The summed E-state index contributed by atoms with van der Waals surface area (Å²) in [4.78, 5) is 12.2. The second-order valence-electron chi connectivity index (χ2n) is 5.69. The summed E-state index contributed by atoms with van der Waals surface area (Å²) in [5, 5.41) is 5.38. The van der Waals surface area contributed by atoms with Crippen molar-refractivity contribution in [3.8, 4) is 0 Å². The number of benzene rings is 2. The van der Waals surface area contributed by atoms with Crippen LogP contribution >= 0.6 is 23.2 Å². The van der Waals surface area contributed by atoms with Crippen molar-refractivity contribution in [3.63, 3.8) is 0 Å². The molecule has 0 fully saturated rings. The van der Waals surface area contributed by atoms with Gasteiger partial charge in [0.05, 0.1) is 16.0 Å². The summed E-state index contributed by atoms with van der Waals surface area (Å²) in [5.41, 5.74) is 0.987. The third-order valence-electron chi connectivity index (χ3n) is 3.78. The fourth-order valence-electron chi connectivity index (χ4n) is 2.32. The molecular formula is C17H18Cl2FN3O3S. The Bertz CT molecular complexity index is 954. The predicted octanol–water partition coefficient (Wildman–Crippen LogP) is 3.60. The summed E-state index contributed by atoms with van der Waals surface area (Å²) in [7, 11) is -2.25. The standard InChI is InChI=1S/C17H18Cl2FN3O3S/c1-10(13-7-16(20)15(19)8-14(13)18)23-17(24)22-9-11-4-3-5-12(6-11)27(25,26)21-2/h3-8,10,21H,9H2,1-2H3,(H2,22,23,24). The van der Waals surface area contributed by atoms with Crippen molar-refractivity contribution in [2.45, 2.75) is 24.4 Å². The first-order valence-electron chi connectivity index (χ1n) is 7.85. The SMILES string of the molecule is CNS(=O)(=O)c1cccc(CNC(=O)NC(C)c2cc(F)c(Cl)cc2Cl)c1. The molecule has 0 aliphatic carbocycles. The van der Waals surface area contributed by atoms with E-state index >= 15 is 0 Å². The molecule has 0 aromatic heterocycles. The molecule has 0 aliphatic heterocycles. The molecule has 0 spiro atoms. The zero-order valence-corrected chi connectivity index (χ0v) is 16.8. The fourth-order valence-corrected chi connectivity index (χ4v) is 3.66. The molecule has 10 heteroatoms. The number of hydrogen-bond donors (Lipinski definition) is 3. The number of carbonyl (C=O) groups excluding carboxylic acids is 1. The summed E-state index contributed by atoms with van der Waals surface area (Å²) in [6.07, 6.45) is 0. The molecule has 0 aliphatic rings. The third kappa shape index (κ3) is 5.55. The minimum absolute atomic E-state index is 0.0986. The van der Waals surface area contributed by atoms with Crippen molar-refractivity contribution >= 4 is 39.3 Å². The Hall–Kier alpha value is -1.87. The molecule has 27 heavy (non-hydrogen) atoms. The number of hydrogen-bond acceptors (Lipinski definition) is 3. The summed E-state index contributed by atoms with van der Waals surface area (Å²) in [6.45, 7) is 1.75. The van der Waals surface area contributed by atoms with E-state index in [1.54, 1.807) is 19.1 Å². The largest absolute Gasteiger partial charge is 0.334 e. The van der Waals surface area contributed by atoms with E-state index < -0.39 is 27.9 Å². The number of carbonyl (C=O) groups is 1. The molecule has 3 N–H and O–H groups in total. The van der Waals surface area contributed by atoms with Crippen LogP contribution in [0.1, 0.15) is 24.1 Å². The van der Waals surface area contributed by atoms with Crippen LogP contribution in [0.15, 0.2) is 41.3 Å².